The number of nitrogens with zero attached hydrogens (tertiary/aromatic N) is 1. The van der Waals surface area contributed by atoms with Gasteiger partial charge in [-0.3, -0.25) is 9.59 Å². The molecule has 1 aromatic rings. The molecule has 0 aliphatic heterocycles. The van der Waals surface area contributed by atoms with Gasteiger partial charge in [-0.1, -0.05) is 0 Å². The minimum Gasteiger partial charge on any atom is -0.366 e. The maximum absolute atomic E-state index is 12.4. The number of carbonyl (C=O) groups excluding carboxylic acids is 2. The summed E-state index contributed by atoms with van der Waals surface area (Å²) >= 11 is 0. The molecule has 0 unspecified atom stereocenters. The summed E-state index contributed by atoms with van der Waals surface area (Å²) < 4.78 is 37.3. The number of primary amides is 1. The van der Waals surface area contributed by atoms with E-state index >= 15 is 0 Å². The van der Waals surface area contributed by atoms with Crippen LogP contribution in [0.5, 0.6) is 0 Å². The Morgan fingerprint density at radius 2 is 2.00 bits per heavy atom. The van der Waals surface area contributed by atoms with E-state index in [0.29, 0.717) is 12.1 Å². The number of hydrogen-bond donors (Lipinski definition) is 1. The maximum Gasteiger partial charge on any atom is 0.416 e. The number of nitrogens with two attached hydrogens (primary N) is 1. The summed E-state index contributed by atoms with van der Waals surface area (Å²) in [5.74, 6) is -1.20. The summed E-state index contributed by atoms with van der Waals surface area (Å²) in [7, 11) is 0. The van der Waals surface area contributed by atoms with Crippen molar-refractivity contribution in [3.05, 3.63) is 34.4 Å². The zero-order valence-corrected chi connectivity index (χ0v) is 8.21. The highest BCUT2D eigenvalue weighted by atomic mass is 19.4. The third kappa shape index (κ3) is 2.42. The summed E-state index contributed by atoms with van der Waals surface area (Å²) in [6.45, 7) is 0. The van der Waals surface area contributed by atoms with Crippen LogP contribution in [0.4, 0.5) is 13.2 Å². The molecule has 2 N–H and O–H groups in total. The van der Waals surface area contributed by atoms with E-state index in [2.05, 4.69) is 0 Å². The molecule has 0 bridgehead atoms. The average Bonchev–Trinajstić information content (AvgIpc) is 2.25. The highest BCUT2D eigenvalue weighted by Gasteiger charge is 2.32. The molecule has 0 aromatic heterocycles. The van der Waals surface area contributed by atoms with E-state index in [1.54, 1.807) is 0 Å². The van der Waals surface area contributed by atoms with Gasteiger partial charge < -0.3 is 5.73 Å². The van der Waals surface area contributed by atoms with Gasteiger partial charge in [-0.2, -0.15) is 18.4 Å². The van der Waals surface area contributed by atoms with Gasteiger partial charge >= 0.3 is 6.18 Å². The van der Waals surface area contributed by atoms with Gasteiger partial charge in [-0.15, -0.1) is 0 Å². The number of halogens is 3. The van der Waals surface area contributed by atoms with Crippen LogP contribution >= 0.6 is 0 Å². The lowest BCUT2D eigenvalue weighted by molar-refractivity contribution is -0.137. The van der Waals surface area contributed by atoms with E-state index < -0.39 is 34.3 Å². The molecule has 0 aliphatic rings. The molecule has 0 radical (unpaired) electrons. The molecule has 0 atom stereocenters. The van der Waals surface area contributed by atoms with Crippen molar-refractivity contribution >= 4 is 12.2 Å². The number of alkyl halides is 3. The van der Waals surface area contributed by atoms with Gasteiger partial charge in [0, 0.05) is 5.56 Å². The summed E-state index contributed by atoms with van der Waals surface area (Å²) in [5.41, 5.74) is 2.05. The van der Waals surface area contributed by atoms with E-state index in [0.717, 1.165) is 0 Å². The number of rotatable bonds is 2. The fourth-order valence-corrected chi connectivity index (χ4v) is 1.24. The van der Waals surface area contributed by atoms with E-state index in [1.165, 1.54) is 6.07 Å². The van der Waals surface area contributed by atoms with Crippen molar-refractivity contribution in [3.63, 3.8) is 0 Å². The molecule has 7 heteroatoms. The molecule has 1 amide bonds. The largest absolute Gasteiger partial charge is 0.416 e. The minimum atomic E-state index is -4.73. The van der Waals surface area contributed by atoms with Crippen molar-refractivity contribution < 1.29 is 22.8 Å². The van der Waals surface area contributed by atoms with Crippen LogP contribution in [0.15, 0.2) is 12.1 Å². The van der Waals surface area contributed by atoms with E-state index in [4.69, 9.17) is 11.0 Å². The van der Waals surface area contributed by atoms with Crippen LogP contribution in [0, 0.1) is 11.3 Å². The first-order valence-corrected chi connectivity index (χ1v) is 4.21. The number of aldehydes is 1. The number of nitriles is 1. The van der Waals surface area contributed by atoms with Crippen LogP contribution in [-0.4, -0.2) is 12.2 Å². The Bertz CT molecular complexity index is 530. The lowest BCUT2D eigenvalue weighted by Crippen LogP contribution is -2.17. The summed E-state index contributed by atoms with van der Waals surface area (Å²) in [4.78, 5) is 21.5. The first-order valence-electron chi connectivity index (χ1n) is 4.21. The molecule has 0 saturated carbocycles. The summed E-state index contributed by atoms with van der Waals surface area (Å²) in [6.07, 6.45) is -4.66. The fourth-order valence-electron chi connectivity index (χ4n) is 1.24. The van der Waals surface area contributed by atoms with Crippen LogP contribution in [0.3, 0.4) is 0 Å². The number of carbonyl (C=O) groups is 2. The van der Waals surface area contributed by atoms with Crippen LogP contribution in [-0.2, 0) is 6.18 Å². The molecule has 0 saturated heterocycles. The molecule has 4 nitrogen and oxygen atoms in total. The molecule has 88 valence electrons. The average molecular weight is 242 g/mol. The van der Waals surface area contributed by atoms with Crippen molar-refractivity contribution in [2.75, 3.05) is 0 Å². The fraction of sp³-hybridized carbons (Fsp3) is 0.100. The van der Waals surface area contributed by atoms with Gasteiger partial charge in [-0.25, -0.2) is 0 Å². The topological polar surface area (TPSA) is 83.9 Å². The van der Waals surface area contributed by atoms with E-state index in [1.807, 2.05) is 0 Å². The molecule has 1 rings (SSSR count). The number of benzene rings is 1. The second-order valence-corrected chi connectivity index (χ2v) is 3.08. The normalized spacial score (nSPS) is 10.7. The maximum atomic E-state index is 12.4. The summed E-state index contributed by atoms with van der Waals surface area (Å²) in [5, 5.41) is 8.68. The standard InChI is InChI=1S/C10H5F3N2O2/c11-10(12,13)6-1-5(4-16)8(3-14)7(2-6)9(15)17/h1-2,4H,(H2,15,17). The number of amides is 1. The Kier molecular flexibility index (Phi) is 3.18. The Labute approximate surface area is 93.4 Å². The molecule has 0 heterocycles. The third-order valence-corrected chi connectivity index (χ3v) is 2.00. The monoisotopic (exact) mass is 242 g/mol. The van der Waals surface area contributed by atoms with Crippen molar-refractivity contribution in [1.29, 1.82) is 5.26 Å². The highest BCUT2D eigenvalue weighted by molar-refractivity contribution is 5.98. The zero-order valence-electron chi connectivity index (χ0n) is 8.21. The molecule has 0 spiro atoms. The van der Waals surface area contributed by atoms with Gasteiger partial charge in [0.2, 0.25) is 5.91 Å². The molecular weight excluding hydrogens is 237 g/mol. The lowest BCUT2D eigenvalue weighted by atomic mass is 9.98. The second kappa shape index (κ2) is 4.25. The Morgan fingerprint density at radius 3 is 2.35 bits per heavy atom. The van der Waals surface area contributed by atoms with Crippen molar-refractivity contribution in [2.24, 2.45) is 5.73 Å². The van der Waals surface area contributed by atoms with Gasteiger partial charge in [-0.05, 0) is 12.1 Å². The van der Waals surface area contributed by atoms with E-state index in [9.17, 15) is 22.8 Å². The molecule has 0 aliphatic carbocycles. The van der Waals surface area contributed by atoms with Crippen molar-refractivity contribution in [3.8, 4) is 6.07 Å². The Hall–Kier alpha value is -2.36. The predicted octanol–water partition coefficient (Wildman–Crippen LogP) is 1.49. The smallest absolute Gasteiger partial charge is 0.366 e. The Balaban J connectivity index is 3.64. The van der Waals surface area contributed by atoms with Crippen LogP contribution < -0.4 is 5.73 Å². The van der Waals surface area contributed by atoms with Gasteiger partial charge in [0.1, 0.15) is 6.07 Å². The quantitative estimate of drug-likeness (QED) is 0.797. The van der Waals surface area contributed by atoms with Gasteiger partial charge in [0.25, 0.3) is 0 Å². The Morgan fingerprint density at radius 1 is 1.41 bits per heavy atom. The lowest BCUT2D eigenvalue weighted by Gasteiger charge is -2.10. The SMILES string of the molecule is N#Cc1c(C=O)cc(C(F)(F)F)cc1C(N)=O. The minimum absolute atomic E-state index is 0.0697. The predicted molar refractivity (Wildman–Crippen MR) is 50.1 cm³/mol. The van der Waals surface area contributed by atoms with Gasteiger partial charge in [0.05, 0.1) is 16.7 Å². The van der Waals surface area contributed by atoms with Crippen LogP contribution in [0.25, 0.3) is 0 Å². The van der Waals surface area contributed by atoms with Gasteiger partial charge in [0.15, 0.2) is 6.29 Å². The van der Waals surface area contributed by atoms with Crippen LogP contribution in [0.1, 0.15) is 31.8 Å². The molecule has 1 aromatic carbocycles. The number of hydrogen-bond acceptors (Lipinski definition) is 3. The zero-order chi connectivity index (χ0) is 13.2. The second-order valence-electron chi connectivity index (χ2n) is 3.08. The van der Waals surface area contributed by atoms with Crippen molar-refractivity contribution in [1.82, 2.24) is 0 Å². The van der Waals surface area contributed by atoms with E-state index in [-0.39, 0.29) is 6.29 Å². The van der Waals surface area contributed by atoms with Crippen molar-refractivity contribution in [2.45, 2.75) is 6.18 Å². The molecule has 0 fully saturated rings. The first kappa shape index (κ1) is 12.7. The first-order chi connectivity index (χ1) is 7.81. The third-order valence-electron chi connectivity index (χ3n) is 2.00. The van der Waals surface area contributed by atoms with Crippen LogP contribution in [0.2, 0.25) is 0 Å². The highest BCUT2D eigenvalue weighted by Crippen LogP contribution is 2.31. The molecular formula is C10H5F3N2O2. The molecule has 17 heavy (non-hydrogen) atoms. The summed E-state index contributed by atoms with van der Waals surface area (Å²) in [6, 6.07) is 2.43.